The predicted octanol–water partition coefficient (Wildman–Crippen LogP) is 2.40. The largest absolute Gasteiger partial charge is 1.00 e. The summed E-state index contributed by atoms with van der Waals surface area (Å²) in [6.07, 6.45) is 11.2. The van der Waals surface area contributed by atoms with Gasteiger partial charge in [-0.1, -0.05) is 63.6 Å². The van der Waals surface area contributed by atoms with E-state index < -0.39 is 0 Å². The van der Waals surface area contributed by atoms with Crippen LogP contribution in [0.4, 0.5) is 5.69 Å². The van der Waals surface area contributed by atoms with Crippen LogP contribution in [0.25, 0.3) is 0 Å². The van der Waals surface area contributed by atoms with Gasteiger partial charge >= 0.3 is 0 Å². The fraction of sp³-hybridized carbons (Fsp3) is 0.667. The maximum atomic E-state index is 2.32. The summed E-state index contributed by atoms with van der Waals surface area (Å²) in [4.78, 5) is 0. The molecule has 0 saturated heterocycles. The van der Waals surface area contributed by atoms with Gasteiger partial charge in [0.1, 0.15) is 5.69 Å². The molecule has 0 heterocycles. The maximum Gasteiger partial charge on any atom is 0.132 e. The minimum absolute atomic E-state index is 0. The van der Waals surface area contributed by atoms with E-state index in [2.05, 4.69) is 51.4 Å². The summed E-state index contributed by atoms with van der Waals surface area (Å²) >= 11 is 0. The molecule has 1 rings (SSSR count). The summed E-state index contributed by atoms with van der Waals surface area (Å²) in [5.41, 5.74) is 1.42. The van der Waals surface area contributed by atoms with Crippen LogP contribution < -0.4 is 16.9 Å². The number of quaternary nitrogens is 1. The molecule has 20 heavy (non-hydrogen) atoms. The summed E-state index contributed by atoms with van der Waals surface area (Å²) < 4.78 is 1.01. The third kappa shape index (κ3) is 7.91. The molecular formula is C18H32ClN. The molecular weight excluding hydrogens is 266 g/mol. The predicted molar refractivity (Wildman–Crippen MR) is 87.6 cm³/mol. The third-order valence-corrected chi connectivity index (χ3v) is 4.03. The van der Waals surface area contributed by atoms with Crippen molar-refractivity contribution in [3.63, 3.8) is 0 Å². The number of hydrogen-bond acceptors (Lipinski definition) is 0. The van der Waals surface area contributed by atoms with E-state index in [4.69, 9.17) is 0 Å². The van der Waals surface area contributed by atoms with Crippen LogP contribution >= 0.6 is 0 Å². The number of para-hydroxylation sites is 1. The van der Waals surface area contributed by atoms with Crippen molar-refractivity contribution < 1.29 is 12.4 Å². The highest BCUT2D eigenvalue weighted by atomic mass is 35.5. The minimum Gasteiger partial charge on any atom is -1.00 e. The van der Waals surface area contributed by atoms with Crippen LogP contribution in [0.3, 0.4) is 0 Å². The quantitative estimate of drug-likeness (QED) is 0.459. The molecule has 0 aliphatic heterocycles. The van der Waals surface area contributed by atoms with E-state index in [1.807, 2.05) is 0 Å². The Labute approximate surface area is 132 Å². The topological polar surface area (TPSA) is 0 Å². The number of hydrogen-bond donors (Lipinski definition) is 0. The average Bonchev–Trinajstić information content (AvgIpc) is 2.43. The highest BCUT2D eigenvalue weighted by molar-refractivity contribution is 5.40. The summed E-state index contributed by atoms with van der Waals surface area (Å²) in [5.74, 6) is 0. The van der Waals surface area contributed by atoms with Crippen molar-refractivity contribution in [1.82, 2.24) is 4.48 Å². The molecule has 0 saturated carbocycles. The van der Waals surface area contributed by atoms with E-state index in [0.29, 0.717) is 0 Å². The van der Waals surface area contributed by atoms with Crippen LogP contribution in [-0.4, -0.2) is 20.6 Å². The van der Waals surface area contributed by atoms with Gasteiger partial charge in [0.05, 0.1) is 20.6 Å². The first kappa shape index (κ1) is 19.5. The fourth-order valence-electron chi connectivity index (χ4n) is 2.60. The average molecular weight is 298 g/mol. The molecule has 1 nitrogen and oxygen atoms in total. The van der Waals surface area contributed by atoms with Gasteiger partial charge in [0.25, 0.3) is 0 Å². The fourth-order valence-corrected chi connectivity index (χ4v) is 2.60. The maximum absolute atomic E-state index is 2.32. The lowest BCUT2D eigenvalue weighted by Gasteiger charge is -2.29. The zero-order chi connectivity index (χ0) is 14.0. The number of nitrogens with zero attached hydrogens (tertiary/aromatic N) is 1. The number of halogens is 1. The molecule has 0 N–H and O–H groups in total. The van der Waals surface area contributed by atoms with Crippen molar-refractivity contribution in [3.8, 4) is 0 Å². The van der Waals surface area contributed by atoms with Crippen LogP contribution in [0.15, 0.2) is 30.3 Å². The van der Waals surface area contributed by atoms with Crippen molar-refractivity contribution in [2.45, 2.75) is 58.3 Å². The van der Waals surface area contributed by atoms with Crippen molar-refractivity contribution in [2.24, 2.45) is 0 Å². The van der Waals surface area contributed by atoms with Crippen molar-refractivity contribution in [3.05, 3.63) is 30.3 Å². The second-order valence-corrected chi connectivity index (χ2v) is 6.22. The van der Waals surface area contributed by atoms with Gasteiger partial charge < -0.3 is 12.4 Å². The molecule has 0 bridgehead atoms. The van der Waals surface area contributed by atoms with Crippen LogP contribution in [-0.2, 0) is 0 Å². The second-order valence-electron chi connectivity index (χ2n) is 6.22. The normalized spacial score (nSPS) is 11.2. The monoisotopic (exact) mass is 297 g/mol. The molecule has 0 unspecified atom stereocenters. The van der Waals surface area contributed by atoms with E-state index in [9.17, 15) is 0 Å². The van der Waals surface area contributed by atoms with Gasteiger partial charge in [0, 0.05) is 0 Å². The van der Waals surface area contributed by atoms with Gasteiger partial charge in [-0.2, -0.15) is 0 Å². The second kappa shape index (κ2) is 11.2. The lowest BCUT2D eigenvalue weighted by Crippen LogP contribution is -3.00. The number of rotatable bonds is 10. The molecule has 116 valence electrons. The van der Waals surface area contributed by atoms with Crippen molar-refractivity contribution in [1.29, 1.82) is 0 Å². The minimum atomic E-state index is 0. The third-order valence-electron chi connectivity index (χ3n) is 4.03. The Morgan fingerprint density at radius 2 is 1.25 bits per heavy atom. The number of benzene rings is 1. The molecule has 2 heteroatoms. The van der Waals surface area contributed by atoms with Crippen LogP contribution in [0, 0.1) is 0 Å². The lowest BCUT2D eigenvalue weighted by atomic mass is 10.1. The SMILES string of the molecule is CCCCCCCCCC[N+](C)(C)c1ccccc1.[Cl-]. The van der Waals surface area contributed by atoms with E-state index in [-0.39, 0.29) is 12.4 Å². The summed E-state index contributed by atoms with van der Waals surface area (Å²) in [6, 6.07) is 10.9. The Hall–Kier alpha value is -0.530. The Kier molecular flexibility index (Phi) is 10.9. The van der Waals surface area contributed by atoms with E-state index in [1.165, 1.54) is 63.6 Å². The Balaban J connectivity index is 0.00000361. The van der Waals surface area contributed by atoms with Gasteiger partial charge in [-0.05, 0) is 25.0 Å². The van der Waals surface area contributed by atoms with Crippen molar-refractivity contribution in [2.75, 3.05) is 20.6 Å². The lowest BCUT2D eigenvalue weighted by molar-refractivity contribution is -0.00000428. The zero-order valence-electron chi connectivity index (χ0n) is 13.6. The molecule has 0 fully saturated rings. The molecule has 0 aliphatic carbocycles. The Morgan fingerprint density at radius 3 is 1.80 bits per heavy atom. The van der Waals surface area contributed by atoms with Gasteiger partial charge in [-0.25, -0.2) is 0 Å². The van der Waals surface area contributed by atoms with Crippen LogP contribution in [0.2, 0.25) is 0 Å². The highest BCUT2D eigenvalue weighted by Gasteiger charge is 2.17. The van der Waals surface area contributed by atoms with Crippen LogP contribution in [0.5, 0.6) is 0 Å². The number of unbranched alkanes of at least 4 members (excludes halogenated alkanes) is 7. The molecule has 1 aromatic rings. The first-order chi connectivity index (χ1) is 9.17. The molecule has 0 aromatic heterocycles. The molecule has 0 atom stereocenters. The van der Waals surface area contributed by atoms with Gasteiger partial charge in [-0.15, -0.1) is 0 Å². The molecule has 1 aromatic carbocycles. The summed E-state index contributed by atoms with van der Waals surface area (Å²) in [6.45, 7) is 3.53. The first-order valence-corrected chi connectivity index (χ1v) is 8.05. The smallest absolute Gasteiger partial charge is 0.132 e. The summed E-state index contributed by atoms with van der Waals surface area (Å²) in [7, 11) is 4.63. The van der Waals surface area contributed by atoms with Gasteiger partial charge in [0.15, 0.2) is 0 Å². The molecule has 0 amide bonds. The standard InChI is InChI=1S/C18H32N.ClH/c1-4-5-6-7-8-9-10-14-17-19(2,3)18-15-12-11-13-16-18;/h11-13,15-16H,4-10,14,17H2,1-3H3;1H/q+1;/p-1. The zero-order valence-corrected chi connectivity index (χ0v) is 14.3. The highest BCUT2D eigenvalue weighted by Crippen LogP contribution is 2.19. The van der Waals surface area contributed by atoms with E-state index in [0.717, 1.165) is 4.48 Å². The molecule has 0 spiro atoms. The van der Waals surface area contributed by atoms with E-state index in [1.54, 1.807) is 0 Å². The van der Waals surface area contributed by atoms with Gasteiger partial charge in [-0.3, -0.25) is 4.48 Å². The van der Waals surface area contributed by atoms with E-state index >= 15 is 0 Å². The van der Waals surface area contributed by atoms with Gasteiger partial charge in [0.2, 0.25) is 0 Å². The van der Waals surface area contributed by atoms with Crippen LogP contribution in [0.1, 0.15) is 58.3 Å². The Morgan fingerprint density at radius 1 is 0.750 bits per heavy atom. The first-order valence-electron chi connectivity index (χ1n) is 8.05. The molecule has 0 radical (unpaired) electrons. The summed E-state index contributed by atoms with van der Waals surface area (Å²) in [5, 5.41) is 0. The van der Waals surface area contributed by atoms with Crippen molar-refractivity contribution >= 4 is 5.69 Å². The Bertz CT molecular complexity index is 321. The molecule has 0 aliphatic rings.